The van der Waals surface area contributed by atoms with E-state index in [2.05, 4.69) is 6.92 Å². The Hall–Kier alpha value is -1.42. The molecule has 0 spiro atoms. The van der Waals surface area contributed by atoms with E-state index in [1.165, 1.54) is 0 Å². The van der Waals surface area contributed by atoms with Gasteiger partial charge in [0.25, 0.3) is 0 Å². The summed E-state index contributed by atoms with van der Waals surface area (Å²) in [5.41, 5.74) is 7.29. The minimum Gasteiger partial charge on any atom is -0.389 e. The molecule has 0 aromatic heterocycles. The standard InChI is InChI=1S/C15H20N2OS/c1-10-4-3-5-13(10)15(18)17(2)12-8-6-11(7-9-12)14(16)19/h6-10,13H,3-5H2,1-2H3,(H2,16,19). The van der Waals surface area contributed by atoms with Crippen LogP contribution >= 0.6 is 12.2 Å². The lowest BCUT2D eigenvalue weighted by atomic mass is 9.96. The van der Waals surface area contributed by atoms with E-state index < -0.39 is 0 Å². The van der Waals surface area contributed by atoms with E-state index in [1.807, 2.05) is 31.3 Å². The Bertz CT molecular complexity index is 483. The van der Waals surface area contributed by atoms with Crippen LogP contribution in [0.3, 0.4) is 0 Å². The largest absolute Gasteiger partial charge is 0.389 e. The van der Waals surface area contributed by atoms with Gasteiger partial charge >= 0.3 is 0 Å². The van der Waals surface area contributed by atoms with Crippen LogP contribution in [0.2, 0.25) is 0 Å². The van der Waals surface area contributed by atoms with Crippen LogP contribution < -0.4 is 10.6 Å². The van der Waals surface area contributed by atoms with E-state index in [-0.39, 0.29) is 11.8 Å². The van der Waals surface area contributed by atoms with Crippen LogP contribution in [-0.4, -0.2) is 17.9 Å². The van der Waals surface area contributed by atoms with E-state index in [1.54, 1.807) is 4.90 Å². The van der Waals surface area contributed by atoms with Crippen molar-refractivity contribution in [3.63, 3.8) is 0 Å². The zero-order valence-corrected chi connectivity index (χ0v) is 12.2. The van der Waals surface area contributed by atoms with Crippen molar-refractivity contribution in [2.45, 2.75) is 26.2 Å². The summed E-state index contributed by atoms with van der Waals surface area (Å²) in [6.45, 7) is 2.17. The zero-order valence-electron chi connectivity index (χ0n) is 11.4. The number of carbonyl (C=O) groups excluding carboxylic acids is 1. The Kier molecular flexibility index (Phi) is 4.20. The van der Waals surface area contributed by atoms with Crippen LogP contribution in [0, 0.1) is 11.8 Å². The SMILES string of the molecule is CC1CCCC1C(=O)N(C)c1ccc(C(N)=S)cc1. The van der Waals surface area contributed by atoms with Crippen molar-refractivity contribution in [3.8, 4) is 0 Å². The molecule has 0 heterocycles. The Morgan fingerprint density at radius 2 is 1.95 bits per heavy atom. The maximum atomic E-state index is 12.5. The number of nitrogens with two attached hydrogens (primary N) is 1. The zero-order chi connectivity index (χ0) is 14.0. The van der Waals surface area contributed by atoms with E-state index in [0.717, 1.165) is 30.5 Å². The number of rotatable bonds is 3. The van der Waals surface area contributed by atoms with E-state index in [4.69, 9.17) is 18.0 Å². The molecule has 1 fully saturated rings. The normalized spacial score (nSPS) is 22.2. The summed E-state index contributed by atoms with van der Waals surface area (Å²) in [7, 11) is 1.84. The average molecular weight is 276 g/mol. The van der Waals surface area contributed by atoms with E-state index in [9.17, 15) is 4.79 Å². The second-order valence-electron chi connectivity index (χ2n) is 5.32. The molecule has 0 bridgehead atoms. The van der Waals surface area contributed by atoms with Gasteiger partial charge in [0.15, 0.2) is 0 Å². The van der Waals surface area contributed by atoms with E-state index in [0.29, 0.717) is 10.9 Å². The Morgan fingerprint density at radius 1 is 1.32 bits per heavy atom. The Labute approximate surface area is 119 Å². The molecule has 1 saturated carbocycles. The van der Waals surface area contributed by atoms with Gasteiger partial charge in [-0.3, -0.25) is 4.79 Å². The van der Waals surface area contributed by atoms with Crippen molar-refractivity contribution in [2.75, 3.05) is 11.9 Å². The fraction of sp³-hybridized carbons (Fsp3) is 0.467. The molecule has 0 aliphatic heterocycles. The highest BCUT2D eigenvalue weighted by molar-refractivity contribution is 7.80. The first-order chi connectivity index (χ1) is 9.00. The summed E-state index contributed by atoms with van der Waals surface area (Å²) < 4.78 is 0. The Morgan fingerprint density at radius 3 is 2.42 bits per heavy atom. The topological polar surface area (TPSA) is 46.3 Å². The lowest BCUT2D eigenvalue weighted by molar-refractivity contribution is -0.122. The number of hydrogen-bond donors (Lipinski definition) is 1. The van der Waals surface area contributed by atoms with Crippen LogP contribution in [0.5, 0.6) is 0 Å². The molecular weight excluding hydrogens is 256 g/mol. The lowest BCUT2D eigenvalue weighted by Gasteiger charge is -2.23. The number of amides is 1. The first-order valence-corrected chi connectivity index (χ1v) is 7.09. The fourth-order valence-corrected chi connectivity index (χ4v) is 2.87. The quantitative estimate of drug-likeness (QED) is 0.863. The molecule has 19 heavy (non-hydrogen) atoms. The molecule has 2 unspecified atom stereocenters. The van der Waals surface area contributed by atoms with Gasteiger partial charge in [0.2, 0.25) is 5.91 Å². The minimum atomic E-state index is 0.167. The van der Waals surface area contributed by atoms with Gasteiger partial charge in [0.05, 0.1) is 0 Å². The van der Waals surface area contributed by atoms with E-state index >= 15 is 0 Å². The van der Waals surface area contributed by atoms with Gasteiger partial charge in [-0.1, -0.05) is 25.6 Å². The molecule has 2 N–H and O–H groups in total. The number of carbonyl (C=O) groups is 1. The molecule has 3 nitrogen and oxygen atoms in total. The first-order valence-electron chi connectivity index (χ1n) is 6.68. The van der Waals surface area contributed by atoms with Gasteiger partial charge < -0.3 is 10.6 Å². The molecule has 1 aliphatic rings. The molecule has 1 aromatic rings. The molecule has 1 amide bonds. The maximum absolute atomic E-state index is 12.5. The van der Waals surface area contributed by atoms with Crippen LogP contribution in [-0.2, 0) is 4.79 Å². The molecular formula is C15H20N2OS. The minimum absolute atomic E-state index is 0.167. The number of thiocarbonyl (C=S) groups is 1. The van der Waals surface area contributed by atoms with Gasteiger partial charge in [-0.2, -0.15) is 0 Å². The summed E-state index contributed by atoms with van der Waals surface area (Å²) in [5, 5.41) is 0. The molecule has 4 heteroatoms. The van der Waals surface area contributed by atoms with Gasteiger partial charge in [-0.25, -0.2) is 0 Å². The summed E-state index contributed by atoms with van der Waals surface area (Å²) in [4.78, 5) is 14.6. The number of hydrogen-bond acceptors (Lipinski definition) is 2. The predicted molar refractivity (Wildman–Crippen MR) is 82.2 cm³/mol. The lowest BCUT2D eigenvalue weighted by Crippen LogP contribution is -2.34. The molecule has 1 aliphatic carbocycles. The Balaban J connectivity index is 2.12. The van der Waals surface area contributed by atoms with Crippen LogP contribution in [0.25, 0.3) is 0 Å². The van der Waals surface area contributed by atoms with Crippen molar-refractivity contribution in [3.05, 3.63) is 29.8 Å². The third kappa shape index (κ3) is 2.95. The maximum Gasteiger partial charge on any atom is 0.230 e. The van der Waals surface area contributed by atoms with Crippen molar-refractivity contribution in [2.24, 2.45) is 17.6 Å². The fourth-order valence-electron chi connectivity index (χ4n) is 2.74. The number of nitrogens with zero attached hydrogens (tertiary/aromatic N) is 1. The van der Waals surface area contributed by atoms with Crippen molar-refractivity contribution < 1.29 is 4.79 Å². The molecule has 102 valence electrons. The summed E-state index contributed by atoms with van der Waals surface area (Å²) in [5.74, 6) is 0.874. The van der Waals surface area contributed by atoms with Crippen LogP contribution in [0.1, 0.15) is 31.7 Å². The molecule has 0 radical (unpaired) electrons. The third-order valence-corrected chi connectivity index (χ3v) is 4.28. The van der Waals surface area contributed by atoms with Gasteiger partial charge in [0, 0.05) is 24.2 Å². The molecule has 0 saturated heterocycles. The van der Waals surface area contributed by atoms with Crippen LogP contribution in [0.15, 0.2) is 24.3 Å². The summed E-state index contributed by atoms with van der Waals surface area (Å²) in [6, 6.07) is 7.51. The predicted octanol–water partition coefficient (Wildman–Crippen LogP) is 2.72. The second-order valence-corrected chi connectivity index (χ2v) is 5.76. The van der Waals surface area contributed by atoms with Gasteiger partial charge in [-0.15, -0.1) is 0 Å². The molecule has 2 rings (SSSR count). The smallest absolute Gasteiger partial charge is 0.230 e. The number of anilines is 1. The molecule has 1 aromatic carbocycles. The van der Waals surface area contributed by atoms with Crippen LogP contribution in [0.4, 0.5) is 5.69 Å². The van der Waals surface area contributed by atoms with Crippen molar-refractivity contribution in [1.82, 2.24) is 0 Å². The second kappa shape index (κ2) is 5.70. The third-order valence-electron chi connectivity index (χ3n) is 4.05. The molecule has 2 atom stereocenters. The summed E-state index contributed by atoms with van der Waals surface area (Å²) >= 11 is 4.92. The van der Waals surface area contributed by atoms with Crippen molar-refractivity contribution in [1.29, 1.82) is 0 Å². The van der Waals surface area contributed by atoms with Crippen molar-refractivity contribution >= 4 is 28.8 Å². The van der Waals surface area contributed by atoms with Gasteiger partial charge in [0.1, 0.15) is 4.99 Å². The summed E-state index contributed by atoms with van der Waals surface area (Å²) in [6.07, 6.45) is 3.33. The highest BCUT2D eigenvalue weighted by Gasteiger charge is 2.31. The monoisotopic (exact) mass is 276 g/mol. The number of benzene rings is 1. The highest BCUT2D eigenvalue weighted by atomic mass is 32.1. The highest BCUT2D eigenvalue weighted by Crippen LogP contribution is 2.33. The van der Waals surface area contributed by atoms with Gasteiger partial charge in [-0.05, 0) is 43.0 Å². The average Bonchev–Trinajstić information content (AvgIpc) is 2.83. The first kappa shape index (κ1) is 14.0.